The molecule has 2 fully saturated rings. The Labute approximate surface area is 145 Å². The highest BCUT2D eigenvalue weighted by Crippen LogP contribution is 2.47. The van der Waals surface area contributed by atoms with Crippen molar-refractivity contribution in [2.75, 3.05) is 6.54 Å². The average molecular weight is 341 g/mol. The van der Waals surface area contributed by atoms with Crippen LogP contribution in [0.4, 0.5) is 4.39 Å². The van der Waals surface area contributed by atoms with Gasteiger partial charge in [-0.3, -0.25) is 0 Å². The van der Waals surface area contributed by atoms with Crippen LogP contribution in [0.2, 0.25) is 0 Å². The highest BCUT2D eigenvalue weighted by atomic mass is 19.1. The van der Waals surface area contributed by atoms with E-state index in [1.165, 1.54) is 24.3 Å². The minimum atomic E-state index is -2.20. The van der Waals surface area contributed by atoms with Crippen molar-refractivity contribution < 1.29 is 19.4 Å². The fourth-order valence-electron chi connectivity index (χ4n) is 4.52. The second kappa shape index (κ2) is 5.93. The number of benzene rings is 2. The first-order valence-electron chi connectivity index (χ1n) is 8.56. The van der Waals surface area contributed by atoms with Crippen LogP contribution in [0.5, 0.6) is 0 Å². The molecule has 1 saturated carbocycles. The summed E-state index contributed by atoms with van der Waals surface area (Å²) in [5.41, 5.74) is -0.798. The van der Waals surface area contributed by atoms with Gasteiger partial charge in [-0.1, -0.05) is 36.4 Å². The molecule has 0 aromatic heterocycles. The number of halogens is 1. The molecule has 25 heavy (non-hydrogen) atoms. The molecular formula is C20H20FNO3. The van der Waals surface area contributed by atoms with E-state index in [0.29, 0.717) is 17.5 Å². The first-order chi connectivity index (χ1) is 12.0. The molecule has 2 aromatic rings. The number of aliphatic hydroxyl groups is 1. The van der Waals surface area contributed by atoms with Crippen molar-refractivity contribution in [2.45, 2.75) is 30.4 Å². The van der Waals surface area contributed by atoms with E-state index >= 15 is 0 Å². The SMILES string of the molecule is O=C(O)[C@](O)(c1ccc(F)cc1)c1ccccc1C1C2CCC1NC2. The Hall–Kier alpha value is -2.24. The van der Waals surface area contributed by atoms with Crippen molar-refractivity contribution in [3.05, 3.63) is 71.0 Å². The van der Waals surface area contributed by atoms with Crippen LogP contribution >= 0.6 is 0 Å². The summed E-state index contributed by atoms with van der Waals surface area (Å²) >= 11 is 0. The summed E-state index contributed by atoms with van der Waals surface area (Å²) in [6.07, 6.45) is 2.17. The molecule has 1 saturated heterocycles. The topological polar surface area (TPSA) is 69.6 Å². The van der Waals surface area contributed by atoms with Crippen molar-refractivity contribution in [1.82, 2.24) is 5.32 Å². The molecule has 1 aliphatic heterocycles. The Morgan fingerprint density at radius 1 is 1.12 bits per heavy atom. The summed E-state index contributed by atoms with van der Waals surface area (Å²) in [5, 5.41) is 24.6. The van der Waals surface area contributed by atoms with E-state index in [0.717, 1.165) is 24.9 Å². The molecule has 130 valence electrons. The lowest BCUT2D eigenvalue weighted by atomic mass is 9.78. The normalized spacial score (nSPS) is 27.2. The number of rotatable bonds is 4. The fourth-order valence-corrected chi connectivity index (χ4v) is 4.52. The Kier molecular flexibility index (Phi) is 3.85. The maximum absolute atomic E-state index is 13.3. The quantitative estimate of drug-likeness (QED) is 0.800. The van der Waals surface area contributed by atoms with Gasteiger partial charge in [0, 0.05) is 17.5 Å². The van der Waals surface area contributed by atoms with Crippen LogP contribution in [-0.4, -0.2) is 28.8 Å². The van der Waals surface area contributed by atoms with E-state index in [1.807, 2.05) is 12.1 Å². The van der Waals surface area contributed by atoms with Crippen molar-refractivity contribution >= 4 is 5.97 Å². The zero-order chi connectivity index (χ0) is 17.6. The predicted molar refractivity (Wildman–Crippen MR) is 90.7 cm³/mol. The summed E-state index contributed by atoms with van der Waals surface area (Å²) in [6, 6.07) is 12.5. The third kappa shape index (κ3) is 2.46. The molecular weight excluding hydrogens is 321 g/mol. The molecule has 5 heteroatoms. The van der Waals surface area contributed by atoms with Gasteiger partial charge in [-0.25, -0.2) is 9.18 Å². The Balaban J connectivity index is 1.87. The second-order valence-corrected chi connectivity index (χ2v) is 6.99. The first kappa shape index (κ1) is 16.2. The highest BCUT2D eigenvalue weighted by molar-refractivity contribution is 5.84. The largest absolute Gasteiger partial charge is 0.479 e. The summed E-state index contributed by atoms with van der Waals surface area (Å²) in [7, 11) is 0. The second-order valence-electron chi connectivity index (χ2n) is 6.99. The zero-order valence-corrected chi connectivity index (χ0v) is 13.7. The number of piperidine rings is 1. The lowest BCUT2D eigenvalue weighted by Crippen LogP contribution is -2.38. The van der Waals surface area contributed by atoms with Crippen LogP contribution in [0.3, 0.4) is 0 Å². The van der Waals surface area contributed by atoms with E-state index < -0.39 is 17.4 Å². The lowest BCUT2D eigenvalue weighted by molar-refractivity contribution is -0.155. The van der Waals surface area contributed by atoms with Gasteiger partial charge >= 0.3 is 5.97 Å². The molecule has 0 radical (unpaired) electrons. The minimum Gasteiger partial charge on any atom is -0.479 e. The van der Waals surface area contributed by atoms with Crippen molar-refractivity contribution in [3.8, 4) is 0 Å². The third-order valence-corrected chi connectivity index (χ3v) is 5.71. The Morgan fingerprint density at radius 2 is 1.84 bits per heavy atom. The number of fused-ring (bicyclic) bond motifs is 2. The van der Waals surface area contributed by atoms with Crippen LogP contribution in [0.25, 0.3) is 0 Å². The smallest absolute Gasteiger partial charge is 0.345 e. The number of hydrogen-bond donors (Lipinski definition) is 3. The van der Waals surface area contributed by atoms with Crippen LogP contribution in [-0.2, 0) is 10.4 Å². The molecule has 0 amide bonds. The maximum atomic E-state index is 13.3. The van der Waals surface area contributed by atoms with Gasteiger partial charge in [0.15, 0.2) is 0 Å². The Bertz CT molecular complexity index is 787. The standard InChI is InChI=1S/C20H20FNO3/c21-14-8-6-13(7-9-14)20(25,19(23)24)16-4-2-1-3-15(16)18-12-5-10-17(18)22-11-12/h1-4,6-9,12,17-18,22,25H,5,10-11H2,(H,23,24)/t12?,17?,18?,20-/m0/s1. The monoisotopic (exact) mass is 341 g/mol. The summed E-state index contributed by atoms with van der Waals surface area (Å²) < 4.78 is 13.3. The van der Waals surface area contributed by atoms with Crippen LogP contribution in [0, 0.1) is 11.7 Å². The highest BCUT2D eigenvalue weighted by Gasteiger charge is 2.48. The third-order valence-electron chi connectivity index (χ3n) is 5.71. The van der Waals surface area contributed by atoms with Gasteiger partial charge in [0.25, 0.3) is 0 Å². The van der Waals surface area contributed by atoms with Crippen molar-refractivity contribution in [3.63, 3.8) is 0 Å². The van der Waals surface area contributed by atoms with E-state index in [-0.39, 0.29) is 11.5 Å². The van der Waals surface area contributed by atoms with Gasteiger partial charge in [-0.05, 0) is 48.6 Å². The molecule has 1 aliphatic carbocycles. The van der Waals surface area contributed by atoms with E-state index in [9.17, 15) is 19.4 Å². The predicted octanol–water partition coefficient (Wildman–Crippen LogP) is 2.61. The van der Waals surface area contributed by atoms with Gasteiger partial charge in [0.1, 0.15) is 5.82 Å². The minimum absolute atomic E-state index is 0.159. The number of aliphatic carboxylic acids is 1. The van der Waals surface area contributed by atoms with Gasteiger partial charge in [-0.15, -0.1) is 0 Å². The maximum Gasteiger partial charge on any atom is 0.345 e. The molecule has 2 aliphatic rings. The van der Waals surface area contributed by atoms with Crippen LogP contribution in [0.1, 0.15) is 35.4 Å². The molecule has 4 atom stereocenters. The number of nitrogens with one attached hydrogen (secondary N) is 1. The summed E-state index contributed by atoms with van der Waals surface area (Å²) in [5.74, 6) is -1.17. The number of carboxylic acid groups (broad SMARTS) is 1. The fraction of sp³-hybridized carbons (Fsp3) is 0.350. The number of hydrogen-bond acceptors (Lipinski definition) is 3. The molecule has 4 rings (SSSR count). The van der Waals surface area contributed by atoms with Gasteiger partial charge in [0.05, 0.1) is 0 Å². The van der Waals surface area contributed by atoms with Crippen molar-refractivity contribution in [1.29, 1.82) is 0 Å². The summed E-state index contributed by atoms with van der Waals surface area (Å²) in [6.45, 7) is 0.922. The molecule has 2 aromatic carbocycles. The molecule has 1 heterocycles. The van der Waals surface area contributed by atoms with E-state index in [2.05, 4.69) is 5.32 Å². The lowest BCUT2D eigenvalue weighted by Gasteiger charge is -2.29. The molecule has 0 spiro atoms. The van der Waals surface area contributed by atoms with E-state index in [4.69, 9.17) is 0 Å². The number of carbonyl (C=O) groups is 1. The van der Waals surface area contributed by atoms with Crippen LogP contribution < -0.4 is 5.32 Å². The average Bonchev–Trinajstić information content (AvgIpc) is 3.22. The molecule has 3 N–H and O–H groups in total. The van der Waals surface area contributed by atoms with Gasteiger partial charge in [-0.2, -0.15) is 0 Å². The molecule has 4 nitrogen and oxygen atoms in total. The van der Waals surface area contributed by atoms with Gasteiger partial charge < -0.3 is 15.5 Å². The van der Waals surface area contributed by atoms with Crippen LogP contribution in [0.15, 0.2) is 48.5 Å². The first-order valence-corrected chi connectivity index (χ1v) is 8.56. The summed E-state index contributed by atoms with van der Waals surface area (Å²) in [4.78, 5) is 12.1. The van der Waals surface area contributed by atoms with Gasteiger partial charge in [0.2, 0.25) is 5.60 Å². The molecule has 3 unspecified atom stereocenters. The van der Waals surface area contributed by atoms with Crippen molar-refractivity contribution in [2.24, 2.45) is 5.92 Å². The molecule has 2 bridgehead atoms. The van der Waals surface area contributed by atoms with E-state index in [1.54, 1.807) is 12.1 Å². The Morgan fingerprint density at radius 3 is 2.40 bits per heavy atom. The number of carboxylic acids is 1. The zero-order valence-electron chi connectivity index (χ0n) is 13.7.